The molecule has 0 heterocycles. The van der Waals surface area contributed by atoms with E-state index in [2.05, 4.69) is 10.6 Å². The van der Waals surface area contributed by atoms with E-state index in [0.717, 1.165) is 12.0 Å². The van der Waals surface area contributed by atoms with Crippen molar-refractivity contribution in [3.05, 3.63) is 34.9 Å². The molecule has 2 amide bonds. The molecule has 1 aromatic carbocycles. The molecule has 106 valence electrons. The molecule has 0 bridgehead atoms. The third kappa shape index (κ3) is 5.09. The third-order valence-electron chi connectivity index (χ3n) is 3.01. The number of carbonyl (C=O) groups is 1. The molecule has 4 nitrogen and oxygen atoms in total. The summed E-state index contributed by atoms with van der Waals surface area (Å²) < 4.78 is 0. The first kappa shape index (κ1) is 15.8. The lowest BCUT2D eigenvalue weighted by atomic mass is 10.1. The van der Waals surface area contributed by atoms with Crippen LogP contribution >= 0.6 is 11.6 Å². The van der Waals surface area contributed by atoms with Gasteiger partial charge in [0, 0.05) is 5.02 Å². The zero-order chi connectivity index (χ0) is 14.3. The van der Waals surface area contributed by atoms with Gasteiger partial charge >= 0.3 is 6.03 Å². The van der Waals surface area contributed by atoms with Crippen LogP contribution in [0.1, 0.15) is 38.3 Å². The predicted octanol–water partition coefficient (Wildman–Crippen LogP) is 2.86. The number of urea groups is 1. The highest BCUT2D eigenvalue weighted by molar-refractivity contribution is 6.30. The number of halogens is 1. The van der Waals surface area contributed by atoms with E-state index in [9.17, 15) is 4.79 Å². The van der Waals surface area contributed by atoms with Crippen LogP contribution in [0.4, 0.5) is 4.79 Å². The molecule has 19 heavy (non-hydrogen) atoms. The topological polar surface area (TPSA) is 61.4 Å². The highest BCUT2D eigenvalue weighted by Gasteiger charge is 2.15. The Morgan fingerprint density at radius 2 is 2.05 bits per heavy atom. The second kappa shape index (κ2) is 8.02. The van der Waals surface area contributed by atoms with Crippen LogP contribution in [-0.4, -0.2) is 23.8 Å². The number of amides is 2. The number of hydrogen-bond donors (Lipinski definition) is 3. The van der Waals surface area contributed by atoms with Gasteiger partial charge in [-0.05, 0) is 30.5 Å². The molecule has 0 radical (unpaired) electrons. The second-order valence-electron chi connectivity index (χ2n) is 4.42. The number of benzene rings is 1. The molecule has 1 aromatic rings. The van der Waals surface area contributed by atoms with Crippen molar-refractivity contribution in [2.75, 3.05) is 6.61 Å². The van der Waals surface area contributed by atoms with Crippen molar-refractivity contribution >= 4 is 17.6 Å². The molecule has 0 saturated heterocycles. The van der Waals surface area contributed by atoms with E-state index >= 15 is 0 Å². The largest absolute Gasteiger partial charge is 0.394 e. The molecule has 3 N–H and O–H groups in total. The summed E-state index contributed by atoms with van der Waals surface area (Å²) in [7, 11) is 0. The van der Waals surface area contributed by atoms with Crippen molar-refractivity contribution in [1.82, 2.24) is 10.6 Å². The lowest BCUT2D eigenvalue weighted by molar-refractivity contribution is 0.211. The van der Waals surface area contributed by atoms with Gasteiger partial charge in [-0.25, -0.2) is 4.79 Å². The number of aliphatic hydroxyl groups is 1. The fraction of sp³-hybridized carbons (Fsp3) is 0.500. The maximum absolute atomic E-state index is 11.8. The molecule has 0 aliphatic heterocycles. The zero-order valence-electron chi connectivity index (χ0n) is 11.3. The molecule has 0 aliphatic carbocycles. The summed E-state index contributed by atoms with van der Waals surface area (Å²) in [6.07, 6.45) is 1.46. The zero-order valence-corrected chi connectivity index (χ0v) is 12.1. The summed E-state index contributed by atoms with van der Waals surface area (Å²) in [5.74, 6) is 0. The van der Waals surface area contributed by atoms with E-state index < -0.39 is 0 Å². The maximum Gasteiger partial charge on any atom is 0.315 e. The van der Waals surface area contributed by atoms with Gasteiger partial charge in [-0.15, -0.1) is 0 Å². The quantitative estimate of drug-likeness (QED) is 0.752. The van der Waals surface area contributed by atoms with E-state index in [1.807, 2.05) is 32.0 Å². The summed E-state index contributed by atoms with van der Waals surface area (Å²) in [5.41, 5.74) is 0.974. The van der Waals surface area contributed by atoms with E-state index in [0.29, 0.717) is 11.4 Å². The van der Waals surface area contributed by atoms with Crippen molar-refractivity contribution in [1.29, 1.82) is 0 Å². The first-order valence-electron chi connectivity index (χ1n) is 6.54. The lowest BCUT2D eigenvalue weighted by Gasteiger charge is -2.20. The minimum Gasteiger partial charge on any atom is -0.394 e. The number of aliphatic hydroxyl groups excluding tert-OH is 1. The van der Waals surface area contributed by atoms with Gasteiger partial charge in [0.05, 0.1) is 18.7 Å². The van der Waals surface area contributed by atoms with Crippen molar-refractivity contribution in [3.63, 3.8) is 0 Å². The van der Waals surface area contributed by atoms with Gasteiger partial charge < -0.3 is 15.7 Å². The SMILES string of the molecule is CCC(CO)NC(=O)NC(CC)c1cccc(Cl)c1. The van der Waals surface area contributed by atoms with Gasteiger partial charge in [0.1, 0.15) is 0 Å². The van der Waals surface area contributed by atoms with Crippen molar-refractivity contribution in [2.24, 2.45) is 0 Å². The Morgan fingerprint density at radius 1 is 1.32 bits per heavy atom. The van der Waals surface area contributed by atoms with Gasteiger partial charge in [-0.2, -0.15) is 0 Å². The van der Waals surface area contributed by atoms with Gasteiger partial charge in [-0.1, -0.05) is 37.6 Å². The highest BCUT2D eigenvalue weighted by atomic mass is 35.5. The highest BCUT2D eigenvalue weighted by Crippen LogP contribution is 2.20. The van der Waals surface area contributed by atoms with Crippen molar-refractivity contribution in [2.45, 2.75) is 38.8 Å². The summed E-state index contributed by atoms with van der Waals surface area (Å²) in [6.45, 7) is 3.85. The van der Waals surface area contributed by atoms with Gasteiger partial charge in [0.25, 0.3) is 0 Å². The van der Waals surface area contributed by atoms with Crippen LogP contribution in [-0.2, 0) is 0 Å². The summed E-state index contributed by atoms with van der Waals surface area (Å²) in [5, 5.41) is 15.3. The third-order valence-corrected chi connectivity index (χ3v) is 3.25. The predicted molar refractivity (Wildman–Crippen MR) is 77.3 cm³/mol. The molecular formula is C14H21ClN2O2. The van der Waals surface area contributed by atoms with Crippen LogP contribution in [0.5, 0.6) is 0 Å². The molecule has 0 aromatic heterocycles. The smallest absolute Gasteiger partial charge is 0.315 e. The second-order valence-corrected chi connectivity index (χ2v) is 4.86. The summed E-state index contributed by atoms with van der Waals surface area (Å²) in [6, 6.07) is 6.88. The number of nitrogens with one attached hydrogen (secondary N) is 2. The van der Waals surface area contributed by atoms with Crippen molar-refractivity contribution in [3.8, 4) is 0 Å². The minimum absolute atomic E-state index is 0.0577. The Bertz CT molecular complexity index is 408. The lowest BCUT2D eigenvalue weighted by Crippen LogP contribution is -2.44. The Labute approximate surface area is 119 Å². The molecule has 0 spiro atoms. The molecule has 2 atom stereocenters. The van der Waals surface area contributed by atoms with E-state index in [4.69, 9.17) is 16.7 Å². The average Bonchev–Trinajstić information content (AvgIpc) is 2.42. The summed E-state index contributed by atoms with van der Waals surface area (Å²) >= 11 is 5.95. The monoisotopic (exact) mass is 284 g/mol. The minimum atomic E-state index is -0.271. The first-order valence-corrected chi connectivity index (χ1v) is 6.91. The van der Waals surface area contributed by atoms with Gasteiger partial charge in [-0.3, -0.25) is 0 Å². The Kier molecular flexibility index (Phi) is 6.67. The molecular weight excluding hydrogens is 264 g/mol. The standard InChI is InChI=1S/C14H21ClN2O2/c1-3-12(9-18)16-14(19)17-13(4-2)10-6-5-7-11(15)8-10/h5-8,12-13,18H,3-4,9H2,1-2H3,(H2,16,17,19). The van der Waals surface area contributed by atoms with Crippen LogP contribution in [0.25, 0.3) is 0 Å². The fourth-order valence-electron chi connectivity index (χ4n) is 1.81. The van der Waals surface area contributed by atoms with Gasteiger partial charge in [0.15, 0.2) is 0 Å². The Morgan fingerprint density at radius 3 is 2.58 bits per heavy atom. The Balaban J connectivity index is 2.64. The molecule has 0 aliphatic rings. The molecule has 2 unspecified atom stereocenters. The number of carbonyl (C=O) groups excluding carboxylic acids is 1. The van der Waals surface area contributed by atoms with Crippen molar-refractivity contribution < 1.29 is 9.90 Å². The maximum atomic E-state index is 11.8. The van der Waals surface area contributed by atoms with E-state index in [-0.39, 0.29) is 24.7 Å². The molecule has 0 saturated carbocycles. The first-order chi connectivity index (χ1) is 9.10. The average molecular weight is 285 g/mol. The van der Waals surface area contributed by atoms with Crippen LogP contribution in [0.2, 0.25) is 5.02 Å². The van der Waals surface area contributed by atoms with Crippen LogP contribution in [0.15, 0.2) is 24.3 Å². The van der Waals surface area contributed by atoms with Crippen LogP contribution < -0.4 is 10.6 Å². The fourth-order valence-corrected chi connectivity index (χ4v) is 2.01. The van der Waals surface area contributed by atoms with Crippen LogP contribution in [0.3, 0.4) is 0 Å². The summed E-state index contributed by atoms with van der Waals surface area (Å²) in [4.78, 5) is 11.8. The van der Waals surface area contributed by atoms with E-state index in [1.54, 1.807) is 6.07 Å². The number of hydrogen-bond acceptors (Lipinski definition) is 2. The number of rotatable bonds is 6. The van der Waals surface area contributed by atoms with Gasteiger partial charge in [0.2, 0.25) is 0 Å². The Hall–Kier alpha value is -1.26. The van der Waals surface area contributed by atoms with Crippen LogP contribution in [0, 0.1) is 0 Å². The van der Waals surface area contributed by atoms with E-state index in [1.165, 1.54) is 0 Å². The normalized spacial score (nSPS) is 13.7. The molecule has 5 heteroatoms. The molecule has 1 rings (SSSR count). The molecule has 0 fully saturated rings.